The van der Waals surface area contributed by atoms with Gasteiger partial charge in [0.1, 0.15) is 5.69 Å². The SMILES string of the molecule is Cc1cc(N)c(C)c(N)c1N=Nc1ccc([N+](=O)[O-])cc1. The standard InChI is InChI=1S/C14H15N5O2/c1-8-7-12(15)9(2)13(16)14(8)18-17-10-3-5-11(6-4-10)19(20)21/h3-7H,15-16H2,1-2H3. The molecule has 0 unspecified atom stereocenters. The molecule has 0 heterocycles. The Morgan fingerprint density at radius 3 is 2.29 bits per heavy atom. The lowest BCUT2D eigenvalue weighted by molar-refractivity contribution is -0.384. The maximum atomic E-state index is 10.6. The first-order valence-electron chi connectivity index (χ1n) is 6.21. The van der Waals surface area contributed by atoms with Crippen molar-refractivity contribution in [3.63, 3.8) is 0 Å². The maximum Gasteiger partial charge on any atom is 0.269 e. The highest BCUT2D eigenvalue weighted by Gasteiger charge is 2.09. The number of nitrogens with zero attached hydrogens (tertiary/aromatic N) is 3. The van der Waals surface area contributed by atoms with Gasteiger partial charge in [-0.15, -0.1) is 5.11 Å². The van der Waals surface area contributed by atoms with Crippen LogP contribution < -0.4 is 11.5 Å². The number of rotatable bonds is 3. The maximum absolute atomic E-state index is 10.6. The zero-order valence-corrected chi connectivity index (χ0v) is 11.7. The number of anilines is 2. The molecule has 0 bridgehead atoms. The van der Waals surface area contributed by atoms with Crippen LogP contribution in [0.25, 0.3) is 0 Å². The first kappa shape index (κ1) is 14.4. The number of hydrogen-bond donors (Lipinski definition) is 2. The summed E-state index contributed by atoms with van der Waals surface area (Å²) in [5.74, 6) is 0. The Bertz CT molecular complexity index is 723. The van der Waals surface area contributed by atoms with Gasteiger partial charge in [0.2, 0.25) is 0 Å². The number of nitrogen functional groups attached to an aromatic ring is 2. The second-order valence-corrected chi connectivity index (χ2v) is 4.64. The molecule has 0 aliphatic rings. The minimum absolute atomic E-state index is 0.00738. The van der Waals surface area contributed by atoms with E-state index in [1.54, 1.807) is 6.07 Å². The van der Waals surface area contributed by atoms with Gasteiger partial charge in [-0.1, -0.05) is 0 Å². The zero-order chi connectivity index (χ0) is 15.6. The number of nitro benzene ring substituents is 1. The molecule has 7 nitrogen and oxygen atoms in total. The van der Waals surface area contributed by atoms with Gasteiger partial charge in [0.25, 0.3) is 5.69 Å². The Hall–Kier alpha value is -2.96. The minimum Gasteiger partial charge on any atom is -0.398 e. The zero-order valence-electron chi connectivity index (χ0n) is 11.7. The van der Waals surface area contributed by atoms with Crippen LogP contribution in [-0.2, 0) is 0 Å². The Morgan fingerprint density at radius 2 is 1.71 bits per heavy atom. The highest BCUT2D eigenvalue weighted by molar-refractivity contribution is 5.76. The molecule has 21 heavy (non-hydrogen) atoms. The Labute approximate surface area is 121 Å². The summed E-state index contributed by atoms with van der Waals surface area (Å²) in [7, 11) is 0. The summed E-state index contributed by atoms with van der Waals surface area (Å²) in [6.07, 6.45) is 0. The van der Waals surface area contributed by atoms with Gasteiger partial charge in [-0.05, 0) is 43.2 Å². The van der Waals surface area contributed by atoms with Gasteiger partial charge in [0.05, 0.1) is 16.3 Å². The van der Waals surface area contributed by atoms with Crippen LogP contribution in [0.3, 0.4) is 0 Å². The average Bonchev–Trinajstić information content (AvgIpc) is 2.45. The van der Waals surface area contributed by atoms with Crippen molar-refractivity contribution in [2.75, 3.05) is 11.5 Å². The number of non-ortho nitro benzene ring substituents is 1. The summed E-state index contributed by atoms with van der Waals surface area (Å²) in [4.78, 5) is 10.1. The number of aryl methyl sites for hydroxylation is 1. The molecule has 2 aromatic rings. The van der Waals surface area contributed by atoms with Gasteiger partial charge < -0.3 is 11.5 Å². The highest BCUT2D eigenvalue weighted by Crippen LogP contribution is 2.34. The second-order valence-electron chi connectivity index (χ2n) is 4.64. The molecule has 0 aliphatic heterocycles. The van der Waals surface area contributed by atoms with Gasteiger partial charge in [-0.2, -0.15) is 5.11 Å². The van der Waals surface area contributed by atoms with E-state index in [1.165, 1.54) is 24.3 Å². The fourth-order valence-electron chi connectivity index (χ4n) is 1.84. The van der Waals surface area contributed by atoms with Gasteiger partial charge >= 0.3 is 0 Å². The lowest BCUT2D eigenvalue weighted by atomic mass is 10.1. The Balaban J connectivity index is 2.33. The number of hydrogen-bond acceptors (Lipinski definition) is 6. The summed E-state index contributed by atoms with van der Waals surface area (Å²) in [5, 5.41) is 18.8. The third-order valence-corrected chi connectivity index (χ3v) is 3.16. The third kappa shape index (κ3) is 2.97. The van der Waals surface area contributed by atoms with Gasteiger partial charge in [-0.25, -0.2) is 0 Å². The van der Waals surface area contributed by atoms with Crippen LogP contribution >= 0.6 is 0 Å². The molecule has 0 fully saturated rings. The van der Waals surface area contributed by atoms with E-state index in [0.717, 1.165) is 11.1 Å². The van der Waals surface area contributed by atoms with Crippen LogP contribution in [0.4, 0.5) is 28.4 Å². The monoisotopic (exact) mass is 285 g/mol. The molecule has 0 spiro atoms. The molecule has 0 saturated heterocycles. The number of azo groups is 1. The van der Waals surface area contributed by atoms with E-state index in [9.17, 15) is 10.1 Å². The molecular formula is C14H15N5O2. The summed E-state index contributed by atoms with van der Waals surface area (Å²) < 4.78 is 0. The molecule has 0 aliphatic carbocycles. The molecule has 0 saturated carbocycles. The lowest BCUT2D eigenvalue weighted by Gasteiger charge is -2.09. The van der Waals surface area contributed by atoms with Crippen LogP contribution in [0.5, 0.6) is 0 Å². The van der Waals surface area contributed by atoms with Crippen LogP contribution in [0, 0.1) is 24.0 Å². The van der Waals surface area contributed by atoms with Crippen molar-refractivity contribution in [2.45, 2.75) is 13.8 Å². The quantitative estimate of drug-likeness (QED) is 0.385. The normalized spacial score (nSPS) is 11.0. The van der Waals surface area contributed by atoms with Crippen LogP contribution in [-0.4, -0.2) is 4.92 Å². The summed E-state index contributed by atoms with van der Waals surface area (Å²) in [6.45, 7) is 3.66. The van der Waals surface area contributed by atoms with E-state index in [0.29, 0.717) is 22.7 Å². The molecule has 108 valence electrons. The van der Waals surface area contributed by atoms with Crippen molar-refractivity contribution >= 4 is 28.4 Å². The molecule has 4 N–H and O–H groups in total. The second kappa shape index (κ2) is 5.58. The number of nitrogens with two attached hydrogens (primary N) is 2. The Morgan fingerprint density at radius 1 is 1.10 bits per heavy atom. The van der Waals surface area contributed by atoms with Crippen molar-refractivity contribution in [1.29, 1.82) is 0 Å². The molecule has 0 atom stereocenters. The van der Waals surface area contributed by atoms with E-state index in [2.05, 4.69) is 10.2 Å². The topological polar surface area (TPSA) is 120 Å². The number of nitro groups is 1. The summed E-state index contributed by atoms with van der Waals surface area (Å²) in [6, 6.07) is 7.59. The third-order valence-electron chi connectivity index (χ3n) is 3.16. The van der Waals surface area contributed by atoms with Crippen molar-refractivity contribution in [2.24, 2.45) is 10.2 Å². The molecule has 2 aromatic carbocycles. The first-order chi connectivity index (χ1) is 9.90. The summed E-state index contributed by atoms with van der Waals surface area (Å²) in [5.41, 5.74) is 15.6. The predicted molar refractivity (Wildman–Crippen MR) is 82.0 cm³/mol. The molecule has 2 rings (SSSR count). The molecule has 0 amide bonds. The van der Waals surface area contributed by atoms with Crippen LogP contribution in [0.2, 0.25) is 0 Å². The highest BCUT2D eigenvalue weighted by atomic mass is 16.6. The molecule has 0 radical (unpaired) electrons. The largest absolute Gasteiger partial charge is 0.398 e. The van der Waals surface area contributed by atoms with Crippen LogP contribution in [0.1, 0.15) is 11.1 Å². The van der Waals surface area contributed by atoms with Gasteiger partial charge in [0, 0.05) is 17.8 Å². The Kier molecular flexibility index (Phi) is 3.84. The van der Waals surface area contributed by atoms with E-state index in [1.807, 2.05) is 13.8 Å². The van der Waals surface area contributed by atoms with Gasteiger partial charge in [-0.3, -0.25) is 10.1 Å². The van der Waals surface area contributed by atoms with Crippen LogP contribution in [0.15, 0.2) is 40.6 Å². The molecule has 0 aromatic heterocycles. The van der Waals surface area contributed by atoms with E-state index in [-0.39, 0.29) is 5.69 Å². The molecule has 7 heteroatoms. The lowest BCUT2D eigenvalue weighted by Crippen LogP contribution is -1.97. The van der Waals surface area contributed by atoms with Gasteiger partial charge in [0.15, 0.2) is 0 Å². The first-order valence-corrected chi connectivity index (χ1v) is 6.21. The van der Waals surface area contributed by atoms with Crippen molar-refractivity contribution in [3.05, 3.63) is 51.6 Å². The molecular weight excluding hydrogens is 270 g/mol. The summed E-state index contributed by atoms with van der Waals surface area (Å²) >= 11 is 0. The van der Waals surface area contributed by atoms with E-state index < -0.39 is 4.92 Å². The van der Waals surface area contributed by atoms with E-state index >= 15 is 0 Å². The average molecular weight is 285 g/mol. The van der Waals surface area contributed by atoms with Crippen molar-refractivity contribution in [3.8, 4) is 0 Å². The smallest absolute Gasteiger partial charge is 0.269 e. The predicted octanol–water partition coefficient (Wildman–Crippen LogP) is 3.79. The fraction of sp³-hybridized carbons (Fsp3) is 0.143. The van der Waals surface area contributed by atoms with E-state index in [4.69, 9.17) is 11.5 Å². The minimum atomic E-state index is -0.466. The van der Waals surface area contributed by atoms with Crippen molar-refractivity contribution in [1.82, 2.24) is 0 Å². The van der Waals surface area contributed by atoms with Crippen molar-refractivity contribution < 1.29 is 4.92 Å². The number of benzene rings is 2. The fourth-order valence-corrected chi connectivity index (χ4v) is 1.84.